The maximum atomic E-state index is 6.13. The molecule has 1 atom stereocenters. The van der Waals surface area contributed by atoms with Gasteiger partial charge in [-0.2, -0.15) is 0 Å². The SMILES string of the molecule is COc1ccc(CN2CCNCC2C)cc1Cl. The number of hydrogen-bond acceptors (Lipinski definition) is 3. The molecule has 1 fully saturated rings. The minimum absolute atomic E-state index is 0.574. The zero-order valence-electron chi connectivity index (χ0n) is 10.4. The maximum absolute atomic E-state index is 6.13. The molecule has 2 rings (SSSR count). The summed E-state index contributed by atoms with van der Waals surface area (Å²) in [6, 6.07) is 6.59. The number of benzene rings is 1. The molecule has 0 bridgehead atoms. The topological polar surface area (TPSA) is 24.5 Å². The predicted molar refractivity (Wildman–Crippen MR) is 70.7 cm³/mol. The molecule has 1 aromatic carbocycles. The Balaban J connectivity index is 2.05. The number of halogens is 1. The lowest BCUT2D eigenvalue weighted by atomic mass is 10.1. The molecular weight excluding hydrogens is 236 g/mol. The van der Waals surface area contributed by atoms with Gasteiger partial charge in [-0.05, 0) is 24.6 Å². The summed E-state index contributed by atoms with van der Waals surface area (Å²) < 4.78 is 5.16. The van der Waals surface area contributed by atoms with E-state index in [9.17, 15) is 0 Å². The smallest absolute Gasteiger partial charge is 0.137 e. The molecule has 4 heteroatoms. The van der Waals surface area contributed by atoms with E-state index < -0.39 is 0 Å². The molecule has 0 spiro atoms. The molecule has 0 amide bonds. The first-order chi connectivity index (χ1) is 8.20. The summed E-state index contributed by atoms with van der Waals surface area (Å²) in [5.74, 6) is 0.740. The molecule has 1 unspecified atom stereocenters. The number of nitrogens with one attached hydrogen (secondary N) is 1. The Morgan fingerprint density at radius 1 is 1.53 bits per heavy atom. The second-order valence-electron chi connectivity index (χ2n) is 4.49. The van der Waals surface area contributed by atoms with E-state index in [1.807, 2.05) is 12.1 Å². The second kappa shape index (κ2) is 5.71. The molecule has 1 heterocycles. The summed E-state index contributed by atoms with van der Waals surface area (Å²) in [5.41, 5.74) is 1.24. The van der Waals surface area contributed by atoms with E-state index in [1.54, 1.807) is 7.11 Å². The Morgan fingerprint density at radius 2 is 2.35 bits per heavy atom. The quantitative estimate of drug-likeness (QED) is 0.895. The third kappa shape index (κ3) is 3.12. The van der Waals surface area contributed by atoms with Gasteiger partial charge in [0.15, 0.2) is 0 Å². The van der Waals surface area contributed by atoms with Crippen LogP contribution < -0.4 is 10.1 Å². The van der Waals surface area contributed by atoms with E-state index in [0.717, 1.165) is 31.9 Å². The van der Waals surface area contributed by atoms with Crippen LogP contribution in [0.1, 0.15) is 12.5 Å². The number of ether oxygens (including phenoxy) is 1. The summed E-state index contributed by atoms with van der Waals surface area (Å²) in [5, 5.41) is 4.08. The Morgan fingerprint density at radius 3 is 3.00 bits per heavy atom. The fraction of sp³-hybridized carbons (Fsp3) is 0.538. The van der Waals surface area contributed by atoms with Crippen molar-refractivity contribution in [3.05, 3.63) is 28.8 Å². The molecular formula is C13H19ClN2O. The third-order valence-corrected chi connectivity index (χ3v) is 3.54. The second-order valence-corrected chi connectivity index (χ2v) is 4.90. The van der Waals surface area contributed by atoms with Crippen molar-refractivity contribution < 1.29 is 4.74 Å². The number of methoxy groups -OCH3 is 1. The minimum atomic E-state index is 0.574. The van der Waals surface area contributed by atoms with Crippen molar-refractivity contribution in [3.8, 4) is 5.75 Å². The number of rotatable bonds is 3. The normalized spacial score (nSPS) is 21.5. The maximum Gasteiger partial charge on any atom is 0.137 e. The molecule has 1 aromatic rings. The molecule has 0 radical (unpaired) electrons. The van der Waals surface area contributed by atoms with E-state index >= 15 is 0 Å². The fourth-order valence-corrected chi connectivity index (χ4v) is 2.44. The minimum Gasteiger partial charge on any atom is -0.495 e. The van der Waals surface area contributed by atoms with Gasteiger partial charge in [0.1, 0.15) is 5.75 Å². The first-order valence-electron chi connectivity index (χ1n) is 5.98. The molecule has 94 valence electrons. The molecule has 1 saturated heterocycles. The fourth-order valence-electron chi connectivity index (χ4n) is 2.16. The molecule has 0 aliphatic carbocycles. The van der Waals surface area contributed by atoms with Crippen LogP contribution in [0.2, 0.25) is 5.02 Å². The van der Waals surface area contributed by atoms with Crippen LogP contribution in [0.5, 0.6) is 5.75 Å². The van der Waals surface area contributed by atoms with Gasteiger partial charge in [0.2, 0.25) is 0 Å². The Bertz CT molecular complexity index is 384. The molecule has 0 aromatic heterocycles. The van der Waals surface area contributed by atoms with Crippen molar-refractivity contribution in [2.24, 2.45) is 0 Å². The summed E-state index contributed by atoms with van der Waals surface area (Å²) >= 11 is 6.13. The van der Waals surface area contributed by atoms with E-state index in [1.165, 1.54) is 5.56 Å². The number of hydrogen-bond donors (Lipinski definition) is 1. The lowest BCUT2D eigenvalue weighted by molar-refractivity contribution is 0.165. The van der Waals surface area contributed by atoms with Crippen LogP contribution in [0.4, 0.5) is 0 Å². The Kier molecular flexibility index (Phi) is 4.26. The zero-order valence-corrected chi connectivity index (χ0v) is 11.1. The number of piperazine rings is 1. The Labute approximate surface area is 108 Å². The summed E-state index contributed by atoms with van der Waals surface area (Å²) in [6.07, 6.45) is 0. The van der Waals surface area contributed by atoms with Gasteiger partial charge in [-0.15, -0.1) is 0 Å². The predicted octanol–water partition coefficient (Wildman–Crippen LogP) is 2.14. The van der Waals surface area contributed by atoms with Crippen molar-refractivity contribution in [1.29, 1.82) is 0 Å². The molecule has 1 N–H and O–H groups in total. The lowest BCUT2D eigenvalue weighted by Gasteiger charge is -2.33. The van der Waals surface area contributed by atoms with Crippen LogP contribution in [0.15, 0.2) is 18.2 Å². The summed E-state index contributed by atoms with van der Waals surface area (Å²) in [4.78, 5) is 2.47. The van der Waals surface area contributed by atoms with Crippen molar-refractivity contribution >= 4 is 11.6 Å². The molecule has 1 aliphatic heterocycles. The van der Waals surface area contributed by atoms with E-state index in [4.69, 9.17) is 16.3 Å². The standard InChI is InChI=1S/C13H19ClN2O/c1-10-8-15-5-6-16(10)9-11-3-4-13(17-2)12(14)7-11/h3-4,7,10,15H,5-6,8-9H2,1-2H3. The van der Waals surface area contributed by atoms with E-state index in [0.29, 0.717) is 11.1 Å². The van der Waals surface area contributed by atoms with Gasteiger partial charge in [-0.25, -0.2) is 0 Å². The van der Waals surface area contributed by atoms with Crippen molar-refractivity contribution in [3.63, 3.8) is 0 Å². The van der Waals surface area contributed by atoms with Gasteiger partial charge < -0.3 is 10.1 Å². The van der Waals surface area contributed by atoms with E-state index in [2.05, 4.69) is 23.2 Å². The highest BCUT2D eigenvalue weighted by molar-refractivity contribution is 6.32. The highest BCUT2D eigenvalue weighted by Gasteiger charge is 2.17. The molecule has 3 nitrogen and oxygen atoms in total. The van der Waals surface area contributed by atoms with Crippen LogP contribution in [0, 0.1) is 0 Å². The van der Waals surface area contributed by atoms with Crippen molar-refractivity contribution in [2.75, 3.05) is 26.7 Å². The average molecular weight is 255 g/mol. The van der Waals surface area contributed by atoms with Gasteiger partial charge in [-0.3, -0.25) is 4.90 Å². The third-order valence-electron chi connectivity index (χ3n) is 3.24. The summed E-state index contributed by atoms with van der Waals surface area (Å²) in [6.45, 7) is 6.41. The van der Waals surface area contributed by atoms with Gasteiger partial charge in [0, 0.05) is 32.2 Å². The van der Waals surface area contributed by atoms with E-state index in [-0.39, 0.29) is 0 Å². The average Bonchev–Trinajstić information content (AvgIpc) is 2.32. The molecule has 1 aliphatic rings. The van der Waals surface area contributed by atoms with Crippen LogP contribution in [0.3, 0.4) is 0 Å². The van der Waals surface area contributed by atoms with Crippen LogP contribution >= 0.6 is 11.6 Å². The van der Waals surface area contributed by atoms with Gasteiger partial charge in [-0.1, -0.05) is 17.7 Å². The van der Waals surface area contributed by atoms with Crippen LogP contribution in [-0.4, -0.2) is 37.7 Å². The molecule has 17 heavy (non-hydrogen) atoms. The van der Waals surface area contributed by atoms with Crippen LogP contribution in [-0.2, 0) is 6.54 Å². The molecule has 0 saturated carbocycles. The first kappa shape index (κ1) is 12.7. The van der Waals surface area contributed by atoms with Crippen molar-refractivity contribution in [2.45, 2.75) is 19.5 Å². The highest BCUT2D eigenvalue weighted by Crippen LogP contribution is 2.25. The monoisotopic (exact) mass is 254 g/mol. The Hall–Kier alpha value is -0.770. The largest absolute Gasteiger partial charge is 0.495 e. The lowest BCUT2D eigenvalue weighted by Crippen LogP contribution is -2.49. The summed E-state index contributed by atoms with van der Waals surface area (Å²) in [7, 11) is 1.64. The van der Waals surface area contributed by atoms with Gasteiger partial charge >= 0.3 is 0 Å². The first-order valence-corrected chi connectivity index (χ1v) is 6.35. The van der Waals surface area contributed by atoms with Crippen LogP contribution in [0.25, 0.3) is 0 Å². The number of nitrogens with zero attached hydrogens (tertiary/aromatic N) is 1. The zero-order chi connectivity index (χ0) is 12.3. The van der Waals surface area contributed by atoms with Gasteiger partial charge in [0.25, 0.3) is 0 Å². The van der Waals surface area contributed by atoms with Crippen molar-refractivity contribution in [1.82, 2.24) is 10.2 Å². The highest BCUT2D eigenvalue weighted by atomic mass is 35.5. The van der Waals surface area contributed by atoms with Gasteiger partial charge in [0.05, 0.1) is 12.1 Å².